The van der Waals surface area contributed by atoms with Gasteiger partial charge < -0.3 is 18.9 Å². The van der Waals surface area contributed by atoms with Crippen LogP contribution >= 0.6 is 0 Å². The maximum Gasteiger partial charge on any atom is 0.330 e. The molecule has 0 bridgehead atoms. The van der Waals surface area contributed by atoms with E-state index in [1.807, 2.05) is 91.0 Å². The molecule has 3 unspecified atom stereocenters. The first-order valence-electron chi connectivity index (χ1n) is 13.3. The van der Waals surface area contributed by atoms with Crippen LogP contribution in [0.5, 0.6) is 17.2 Å². The summed E-state index contributed by atoms with van der Waals surface area (Å²) in [6, 6.07) is 36.0. The number of benzene rings is 4. The van der Waals surface area contributed by atoms with Gasteiger partial charge in [-0.2, -0.15) is 0 Å². The molecule has 4 aromatic carbocycles. The van der Waals surface area contributed by atoms with Crippen molar-refractivity contribution in [3.05, 3.63) is 138 Å². The van der Waals surface area contributed by atoms with Crippen molar-refractivity contribution in [1.29, 1.82) is 0 Å². The zero-order valence-electron chi connectivity index (χ0n) is 21.9. The topological polar surface area (TPSA) is 54.0 Å². The van der Waals surface area contributed by atoms with Gasteiger partial charge in [0.2, 0.25) is 0 Å². The molecule has 4 aromatic rings. The largest absolute Gasteiger partial charge is 0.492 e. The average Bonchev–Trinajstić information content (AvgIpc) is 2.99. The first kappa shape index (κ1) is 26.1. The molecule has 0 spiro atoms. The van der Waals surface area contributed by atoms with Crippen LogP contribution in [0, 0.1) is 0 Å². The lowest BCUT2D eigenvalue weighted by Gasteiger charge is -2.38. The van der Waals surface area contributed by atoms with Gasteiger partial charge in [-0.05, 0) is 42.3 Å². The van der Waals surface area contributed by atoms with Crippen molar-refractivity contribution in [2.24, 2.45) is 0 Å². The Morgan fingerprint density at radius 2 is 1.59 bits per heavy atom. The smallest absolute Gasteiger partial charge is 0.330 e. The fourth-order valence-electron chi connectivity index (χ4n) is 4.91. The molecule has 0 aromatic heterocycles. The molecule has 0 amide bonds. The van der Waals surface area contributed by atoms with Gasteiger partial charge in [0.25, 0.3) is 0 Å². The lowest BCUT2D eigenvalue weighted by Crippen LogP contribution is -2.34. The van der Waals surface area contributed by atoms with Gasteiger partial charge in [-0.15, -0.1) is 0 Å². The van der Waals surface area contributed by atoms with E-state index in [4.69, 9.17) is 18.9 Å². The van der Waals surface area contributed by atoms with Gasteiger partial charge in [0.15, 0.2) is 0 Å². The molecule has 3 atom stereocenters. The minimum Gasteiger partial charge on any atom is -0.492 e. The Kier molecular flexibility index (Phi) is 8.59. The molecule has 5 heteroatoms. The monoisotopic (exact) mass is 520 g/mol. The Bertz CT molecular complexity index is 1370. The number of para-hydroxylation sites is 1. The van der Waals surface area contributed by atoms with Crippen molar-refractivity contribution < 1.29 is 23.7 Å². The van der Waals surface area contributed by atoms with E-state index in [0.29, 0.717) is 19.8 Å². The van der Waals surface area contributed by atoms with Crippen molar-refractivity contribution in [2.75, 3.05) is 13.2 Å². The summed E-state index contributed by atoms with van der Waals surface area (Å²) >= 11 is 0. The van der Waals surface area contributed by atoms with Crippen molar-refractivity contribution in [1.82, 2.24) is 0 Å². The molecule has 0 aliphatic carbocycles. The fourth-order valence-corrected chi connectivity index (χ4v) is 4.91. The third-order valence-electron chi connectivity index (χ3n) is 6.75. The number of esters is 1. The zero-order chi connectivity index (χ0) is 26.9. The predicted molar refractivity (Wildman–Crippen MR) is 151 cm³/mol. The normalized spacial score (nSPS) is 17.1. The molecule has 39 heavy (non-hydrogen) atoms. The first-order valence-corrected chi connectivity index (χ1v) is 13.3. The predicted octanol–water partition coefficient (Wildman–Crippen LogP) is 7.09. The first-order chi connectivity index (χ1) is 19.2. The molecule has 0 saturated carbocycles. The molecule has 0 N–H and O–H groups in total. The van der Waals surface area contributed by atoms with Crippen molar-refractivity contribution in [3.8, 4) is 17.2 Å². The number of fused-ring (bicyclic) bond motifs is 1. The van der Waals surface area contributed by atoms with Gasteiger partial charge in [-0.1, -0.05) is 84.9 Å². The third kappa shape index (κ3) is 6.68. The van der Waals surface area contributed by atoms with Crippen molar-refractivity contribution in [2.45, 2.75) is 31.5 Å². The highest BCUT2D eigenvalue weighted by molar-refractivity contribution is 5.82. The van der Waals surface area contributed by atoms with Gasteiger partial charge in [0.05, 0.1) is 13.2 Å². The molecular weight excluding hydrogens is 488 g/mol. The van der Waals surface area contributed by atoms with Crippen LogP contribution in [0.4, 0.5) is 0 Å². The Labute approximate surface area is 229 Å². The van der Waals surface area contributed by atoms with E-state index >= 15 is 0 Å². The van der Waals surface area contributed by atoms with Crippen molar-refractivity contribution in [3.63, 3.8) is 0 Å². The summed E-state index contributed by atoms with van der Waals surface area (Å²) in [5.41, 5.74) is 3.24. The van der Waals surface area contributed by atoms with Gasteiger partial charge in [0.1, 0.15) is 30.0 Å². The van der Waals surface area contributed by atoms with E-state index in [9.17, 15) is 4.79 Å². The minimum atomic E-state index is -0.458. The van der Waals surface area contributed by atoms with Crippen LogP contribution in [-0.2, 0) is 16.1 Å². The number of ether oxygens (including phenoxy) is 4. The van der Waals surface area contributed by atoms with E-state index in [-0.39, 0.29) is 11.8 Å². The fraction of sp³-hybridized carbons (Fsp3) is 0.206. The maximum absolute atomic E-state index is 12.3. The molecule has 198 valence electrons. The number of carbonyl (C=O) groups is 1. The second-order valence-electron chi connectivity index (χ2n) is 9.33. The number of hydrogen-bond acceptors (Lipinski definition) is 5. The molecule has 1 heterocycles. The van der Waals surface area contributed by atoms with Crippen LogP contribution in [0.1, 0.15) is 35.4 Å². The van der Waals surface area contributed by atoms with E-state index in [1.165, 1.54) is 6.08 Å². The number of hydrogen-bond donors (Lipinski definition) is 0. The summed E-state index contributed by atoms with van der Waals surface area (Å²) < 4.78 is 24.1. The summed E-state index contributed by atoms with van der Waals surface area (Å²) in [5.74, 6) is 1.67. The molecule has 0 fully saturated rings. The summed E-state index contributed by atoms with van der Waals surface area (Å²) in [5, 5.41) is 0. The summed E-state index contributed by atoms with van der Waals surface area (Å²) in [6.45, 7) is 3.04. The van der Waals surface area contributed by atoms with E-state index in [1.54, 1.807) is 13.0 Å². The van der Waals surface area contributed by atoms with Gasteiger partial charge in [-0.25, -0.2) is 4.79 Å². The maximum atomic E-state index is 12.3. The number of carbonyl (C=O) groups excluding carboxylic acids is 1. The Morgan fingerprint density at radius 3 is 2.31 bits per heavy atom. The molecule has 1 aliphatic heterocycles. The minimum absolute atomic E-state index is 0.00431. The summed E-state index contributed by atoms with van der Waals surface area (Å²) in [7, 11) is 0. The summed E-state index contributed by atoms with van der Waals surface area (Å²) in [4.78, 5) is 12.3. The van der Waals surface area contributed by atoms with Crippen LogP contribution in [0.25, 0.3) is 0 Å². The molecule has 0 radical (unpaired) electrons. The van der Waals surface area contributed by atoms with Gasteiger partial charge in [0, 0.05) is 29.5 Å². The highest BCUT2D eigenvalue weighted by atomic mass is 16.5. The second-order valence-corrected chi connectivity index (χ2v) is 9.33. The SMILES string of the molecule is CCOC(=O)C=CC(Oc1ccccc1)C1c2ccc(OCc3ccccc3)cc2OCC1c1ccccc1. The Balaban J connectivity index is 1.51. The molecule has 0 saturated heterocycles. The standard InChI is InChI=1S/C34H32O5/c1-2-36-33(35)21-20-31(39-27-16-10-5-11-17-27)34-29-19-18-28(37-23-25-12-6-3-7-13-25)22-32(29)38-24-30(34)26-14-8-4-9-15-26/h3-22,30-31,34H,2,23-24H2,1H3. The molecular formula is C34H32O5. The van der Waals surface area contributed by atoms with Crippen LogP contribution in [0.2, 0.25) is 0 Å². The quantitative estimate of drug-likeness (QED) is 0.165. The molecule has 5 nitrogen and oxygen atoms in total. The van der Waals surface area contributed by atoms with Crippen LogP contribution in [-0.4, -0.2) is 25.3 Å². The van der Waals surface area contributed by atoms with E-state index < -0.39 is 12.1 Å². The van der Waals surface area contributed by atoms with E-state index in [0.717, 1.165) is 33.9 Å². The second kappa shape index (κ2) is 12.8. The van der Waals surface area contributed by atoms with Crippen molar-refractivity contribution >= 4 is 5.97 Å². The lowest BCUT2D eigenvalue weighted by molar-refractivity contribution is -0.137. The van der Waals surface area contributed by atoms with Gasteiger partial charge in [-0.3, -0.25) is 0 Å². The van der Waals surface area contributed by atoms with Crippen LogP contribution < -0.4 is 14.2 Å². The highest BCUT2D eigenvalue weighted by Crippen LogP contribution is 2.46. The molecule has 1 aliphatic rings. The van der Waals surface area contributed by atoms with E-state index in [2.05, 4.69) is 18.2 Å². The Morgan fingerprint density at radius 1 is 0.897 bits per heavy atom. The Hall–Kier alpha value is -4.51. The molecule has 5 rings (SSSR count). The summed E-state index contributed by atoms with van der Waals surface area (Å²) in [6.07, 6.45) is 2.81. The highest BCUT2D eigenvalue weighted by Gasteiger charge is 2.38. The third-order valence-corrected chi connectivity index (χ3v) is 6.75. The van der Waals surface area contributed by atoms with Crippen LogP contribution in [0.3, 0.4) is 0 Å². The lowest BCUT2D eigenvalue weighted by atomic mass is 9.76. The van der Waals surface area contributed by atoms with Gasteiger partial charge >= 0.3 is 5.97 Å². The average molecular weight is 521 g/mol. The number of rotatable bonds is 10. The van der Waals surface area contributed by atoms with Crippen LogP contribution in [0.15, 0.2) is 121 Å². The zero-order valence-corrected chi connectivity index (χ0v) is 21.9.